The number of morpholine rings is 1. The number of rotatable bonds is 3. The van der Waals surface area contributed by atoms with Crippen molar-refractivity contribution >= 4 is 6.03 Å². The van der Waals surface area contributed by atoms with E-state index in [1.54, 1.807) is 4.68 Å². The van der Waals surface area contributed by atoms with Crippen molar-refractivity contribution in [2.75, 3.05) is 19.7 Å². The summed E-state index contributed by atoms with van der Waals surface area (Å²) in [5.74, 6) is 1.78. The Bertz CT molecular complexity index is 627. The summed E-state index contributed by atoms with van der Waals surface area (Å²) in [5.41, 5.74) is 0.548. The second-order valence-electron chi connectivity index (χ2n) is 8.31. The normalized spacial score (nSPS) is 33.3. The van der Waals surface area contributed by atoms with E-state index in [1.807, 2.05) is 31.3 Å². The lowest BCUT2D eigenvalue weighted by Crippen LogP contribution is -2.55. The molecule has 0 spiro atoms. The molecule has 1 aromatic heterocycles. The second kappa shape index (κ2) is 6.63. The van der Waals surface area contributed by atoms with Gasteiger partial charge < -0.3 is 15.0 Å². The Labute approximate surface area is 149 Å². The second-order valence-corrected chi connectivity index (χ2v) is 8.31. The zero-order chi connectivity index (χ0) is 17.4. The molecule has 3 fully saturated rings. The number of amides is 2. The summed E-state index contributed by atoms with van der Waals surface area (Å²) < 4.78 is 7.80. The molecule has 4 rings (SSSR count). The summed E-state index contributed by atoms with van der Waals surface area (Å²) in [6, 6.07) is 0.416. The summed E-state index contributed by atoms with van der Waals surface area (Å²) in [7, 11) is 1.90. The van der Waals surface area contributed by atoms with Crippen LogP contribution in [0.25, 0.3) is 0 Å². The third kappa shape index (κ3) is 3.68. The SMILES string of the molecule is Cn1cc([C@]2(C)CN(C(=O)N[C@@H]3CCC[C@H](C4CC4)C3)CCO2)cn1. The number of carbonyl (C=O) groups excluding carboxylic acids is 1. The quantitative estimate of drug-likeness (QED) is 0.915. The molecule has 0 bridgehead atoms. The fourth-order valence-corrected chi connectivity index (χ4v) is 4.53. The van der Waals surface area contributed by atoms with Crippen molar-refractivity contribution in [3.05, 3.63) is 18.0 Å². The Morgan fingerprint density at radius 2 is 2.16 bits per heavy atom. The van der Waals surface area contributed by atoms with Crippen LogP contribution in [0.4, 0.5) is 4.79 Å². The molecule has 0 radical (unpaired) electrons. The van der Waals surface area contributed by atoms with E-state index in [2.05, 4.69) is 10.4 Å². The Kier molecular flexibility index (Phi) is 4.48. The number of nitrogens with one attached hydrogen (secondary N) is 1. The van der Waals surface area contributed by atoms with Crippen molar-refractivity contribution in [3.8, 4) is 0 Å². The van der Waals surface area contributed by atoms with Crippen LogP contribution in [0.1, 0.15) is 51.0 Å². The Hall–Kier alpha value is -1.56. The summed E-state index contributed by atoms with van der Waals surface area (Å²) >= 11 is 0. The van der Waals surface area contributed by atoms with Gasteiger partial charge in [0.25, 0.3) is 0 Å². The van der Waals surface area contributed by atoms with Crippen LogP contribution in [-0.2, 0) is 17.4 Å². The van der Waals surface area contributed by atoms with Crippen molar-refractivity contribution < 1.29 is 9.53 Å². The van der Waals surface area contributed by atoms with E-state index in [1.165, 1.54) is 32.1 Å². The number of carbonyl (C=O) groups is 1. The minimum Gasteiger partial charge on any atom is -0.367 e. The Balaban J connectivity index is 1.36. The van der Waals surface area contributed by atoms with E-state index in [-0.39, 0.29) is 6.03 Å². The van der Waals surface area contributed by atoms with E-state index in [9.17, 15) is 4.79 Å². The van der Waals surface area contributed by atoms with Gasteiger partial charge in [0.2, 0.25) is 0 Å². The van der Waals surface area contributed by atoms with Crippen LogP contribution in [-0.4, -0.2) is 46.4 Å². The first-order chi connectivity index (χ1) is 12.0. The number of ether oxygens (including phenoxy) is 1. The topological polar surface area (TPSA) is 59.4 Å². The molecule has 25 heavy (non-hydrogen) atoms. The molecule has 3 atom stereocenters. The Morgan fingerprint density at radius 3 is 2.88 bits per heavy atom. The van der Waals surface area contributed by atoms with Crippen molar-refractivity contribution in [2.45, 2.75) is 57.1 Å². The number of hydrogen-bond acceptors (Lipinski definition) is 3. The van der Waals surface area contributed by atoms with Gasteiger partial charge >= 0.3 is 6.03 Å². The number of aromatic nitrogens is 2. The molecule has 2 heterocycles. The van der Waals surface area contributed by atoms with Crippen LogP contribution >= 0.6 is 0 Å². The van der Waals surface area contributed by atoms with Gasteiger partial charge in [0, 0.05) is 31.4 Å². The van der Waals surface area contributed by atoms with Crippen molar-refractivity contribution in [1.82, 2.24) is 20.0 Å². The van der Waals surface area contributed by atoms with Crippen LogP contribution < -0.4 is 5.32 Å². The maximum absolute atomic E-state index is 12.8. The first kappa shape index (κ1) is 16.9. The molecule has 0 unspecified atom stereocenters. The third-order valence-corrected chi connectivity index (χ3v) is 6.21. The molecule has 6 nitrogen and oxygen atoms in total. The largest absolute Gasteiger partial charge is 0.367 e. The molecule has 2 amide bonds. The molecule has 3 aliphatic rings. The predicted octanol–water partition coefficient (Wildman–Crippen LogP) is 2.65. The number of urea groups is 1. The summed E-state index contributed by atoms with van der Waals surface area (Å²) in [4.78, 5) is 14.7. The number of aryl methyl sites for hydroxylation is 1. The van der Waals surface area contributed by atoms with Crippen LogP contribution in [0.15, 0.2) is 12.4 Å². The molecule has 138 valence electrons. The van der Waals surface area contributed by atoms with Gasteiger partial charge in [0.1, 0.15) is 5.60 Å². The fourth-order valence-electron chi connectivity index (χ4n) is 4.53. The minimum absolute atomic E-state index is 0.0693. The van der Waals surface area contributed by atoms with E-state index in [0.717, 1.165) is 23.8 Å². The highest BCUT2D eigenvalue weighted by atomic mass is 16.5. The monoisotopic (exact) mass is 346 g/mol. The van der Waals surface area contributed by atoms with Crippen molar-refractivity contribution in [1.29, 1.82) is 0 Å². The van der Waals surface area contributed by atoms with E-state index < -0.39 is 5.60 Å². The molecule has 1 saturated heterocycles. The maximum atomic E-state index is 12.8. The van der Waals surface area contributed by atoms with Gasteiger partial charge in [-0.2, -0.15) is 5.10 Å². The highest BCUT2D eigenvalue weighted by Crippen LogP contribution is 2.43. The third-order valence-electron chi connectivity index (χ3n) is 6.21. The molecular weight excluding hydrogens is 316 g/mol. The lowest BCUT2D eigenvalue weighted by Gasteiger charge is -2.41. The van der Waals surface area contributed by atoms with E-state index in [0.29, 0.717) is 25.7 Å². The zero-order valence-corrected chi connectivity index (χ0v) is 15.4. The molecule has 1 aliphatic heterocycles. The molecule has 1 N–H and O–H groups in total. The lowest BCUT2D eigenvalue weighted by atomic mass is 9.83. The number of nitrogens with zero attached hydrogens (tertiary/aromatic N) is 3. The highest BCUT2D eigenvalue weighted by Gasteiger charge is 2.38. The molecule has 1 aromatic rings. The van der Waals surface area contributed by atoms with Gasteiger partial charge in [-0.3, -0.25) is 4.68 Å². The molecule has 0 aromatic carbocycles. The Morgan fingerprint density at radius 1 is 1.32 bits per heavy atom. The molecule has 2 aliphatic carbocycles. The van der Waals surface area contributed by atoms with Crippen LogP contribution in [0.5, 0.6) is 0 Å². The smallest absolute Gasteiger partial charge is 0.317 e. The maximum Gasteiger partial charge on any atom is 0.317 e. The van der Waals surface area contributed by atoms with Crippen LogP contribution in [0, 0.1) is 11.8 Å². The molecule has 6 heteroatoms. The first-order valence-corrected chi connectivity index (χ1v) is 9.72. The fraction of sp³-hybridized carbons (Fsp3) is 0.789. The summed E-state index contributed by atoms with van der Waals surface area (Å²) in [6.07, 6.45) is 11.5. The predicted molar refractivity (Wildman–Crippen MR) is 95.1 cm³/mol. The van der Waals surface area contributed by atoms with Gasteiger partial charge in [-0.1, -0.05) is 12.8 Å². The number of hydrogen-bond donors (Lipinski definition) is 1. The van der Waals surface area contributed by atoms with E-state index >= 15 is 0 Å². The van der Waals surface area contributed by atoms with Gasteiger partial charge in [-0.25, -0.2) is 4.79 Å². The molecule has 2 saturated carbocycles. The standard InChI is InChI=1S/C19H30N4O2/c1-19(16-11-20-22(2)12-16)13-23(8-9-25-19)18(24)21-17-5-3-4-15(10-17)14-6-7-14/h11-12,14-15,17H,3-10,13H2,1-2H3,(H,21,24)/t15-,17+,19-/m0/s1. The van der Waals surface area contributed by atoms with Crippen LogP contribution in [0.3, 0.4) is 0 Å². The first-order valence-electron chi connectivity index (χ1n) is 9.72. The average molecular weight is 346 g/mol. The summed E-state index contributed by atoms with van der Waals surface area (Å²) in [6.45, 7) is 3.84. The van der Waals surface area contributed by atoms with Gasteiger partial charge in [0.15, 0.2) is 0 Å². The average Bonchev–Trinajstić information content (AvgIpc) is 3.36. The van der Waals surface area contributed by atoms with Crippen molar-refractivity contribution in [3.63, 3.8) is 0 Å². The lowest BCUT2D eigenvalue weighted by molar-refractivity contribution is -0.0909. The van der Waals surface area contributed by atoms with Crippen LogP contribution in [0.2, 0.25) is 0 Å². The van der Waals surface area contributed by atoms with Crippen molar-refractivity contribution in [2.24, 2.45) is 18.9 Å². The van der Waals surface area contributed by atoms with Gasteiger partial charge in [0.05, 0.1) is 19.3 Å². The highest BCUT2D eigenvalue weighted by molar-refractivity contribution is 5.74. The van der Waals surface area contributed by atoms with E-state index in [4.69, 9.17) is 4.74 Å². The zero-order valence-electron chi connectivity index (χ0n) is 15.4. The summed E-state index contributed by atoms with van der Waals surface area (Å²) in [5, 5.41) is 7.56. The van der Waals surface area contributed by atoms with Gasteiger partial charge in [-0.15, -0.1) is 0 Å². The van der Waals surface area contributed by atoms with Gasteiger partial charge in [-0.05, 0) is 44.4 Å². The molecular formula is C19H30N4O2. The minimum atomic E-state index is -0.479.